The van der Waals surface area contributed by atoms with E-state index in [2.05, 4.69) is 5.32 Å². The van der Waals surface area contributed by atoms with Crippen LogP contribution in [0.2, 0.25) is 0 Å². The Kier molecular flexibility index (Phi) is 5.75. The Hall–Kier alpha value is -1.83. The van der Waals surface area contributed by atoms with Crippen molar-refractivity contribution in [2.24, 2.45) is 0 Å². The van der Waals surface area contributed by atoms with Crippen LogP contribution in [0.3, 0.4) is 0 Å². The number of benzene rings is 1. The fourth-order valence-electron chi connectivity index (χ4n) is 1.54. The summed E-state index contributed by atoms with van der Waals surface area (Å²) in [6.07, 6.45) is 0. The van der Waals surface area contributed by atoms with E-state index in [4.69, 9.17) is 4.74 Å². The van der Waals surface area contributed by atoms with Gasteiger partial charge in [0.2, 0.25) is 0 Å². The molecule has 0 radical (unpaired) electrons. The Morgan fingerprint density at radius 3 is 2.55 bits per heavy atom. The third-order valence-corrected chi connectivity index (χ3v) is 4.30. The van der Waals surface area contributed by atoms with Gasteiger partial charge in [-0.1, -0.05) is 6.92 Å². The molecule has 0 fully saturated rings. The number of nitro groups is 1. The zero-order chi connectivity index (χ0) is 15.2. The Bertz CT molecular complexity index is 571. The van der Waals surface area contributed by atoms with Gasteiger partial charge in [-0.05, 0) is 6.92 Å². The highest BCUT2D eigenvalue weighted by Crippen LogP contribution is 2.25. The Balaban J connectivity index is 2.81. The van der Waals surface area contributed by atoms with Crippen LogP contribution in [0.1, 0.15) is 13.8 Å². The van der Waals surface area contributed by atoms with Crippen LogP contribution in [0.4, 0.5) is 11.4 Å². The van der Waals surface area contributed by atoms with Gasteiger partial charge in [-0.25, -0.2) is 8.42 Å². The monoisotopic (exact) mass is 302 g/mol. The zero-order valence-electron chi connectivity index (χ0n) is 11.5. The molecule has 112 valence electrons. The maximum absolute atomic E-state index is 11.4. The van der Waals surface area contributed by atoms with Gasteiger partial charge in [-0.3, -0.25) is 10.1 Å². The van der Waals surface area contributed by atoms with Gasteiger partial charge in [0.25, 0.3) is 5.69 Å². The number of nitro benzene ring substituents is 1. The SMILES string of the molecule is CCOc1cc(NCCS(=O)(=O)CC)cc([N+](=O)[O-])c1. The molecule has 0 aromatic heterocycles. The van der Waals surface area contributed by atoms with Crippen molar-refractivity contribution in [1.82, 2.24) is 0 Å². The average Bonchev–Trinajstić information content (AvgIpc) is 2.38. The first kappa shape index (κ1) is 16.2. The Morgan fingerprint density at radius 2 is 2.00 bits per heavy atom. The van der Waals surface area contributed by atoms with E-state index in [1.54, 1.807) is 19.9 Å². The lowest BCUT2D eigenvalue weighted by molar-refractivity contribution is -0.384. The summed E-state index contributed by atoms with van der Waals surface area (Å²) in [5, 5.41) is 13.7. The smallest absolute Gasteiger partial charge is 0.275 e. The molecular formula is C12H18N2O5S. The number of anilines is 1. The maximum Gasteiger partial charge on any atom is 0.275 e. The molecule has 0 atom stereocenters. The summed E-state index contributed by atoms with van der Waals surface area (Å²) in [4.78, 5) is 10.3. The van der Waals surface area contributed by atoms with Crippen molar-refractivity contribution in [3.63, 3.8) is 0 Å². The van der Waals surface area contributed by atoms with Crippen molar-refractivity contribution in [2.75, 3.05) is 30.0 Å². The van der Waals surface area contributed by atoms with Crippen LogP contribution in [-0.4, -0.2) is 38.0 Å². The summed E-state index contributed by atoms with van der Waals surface area (Å²) in [6, 6.07) is 4.29. The molecule has 0 aliphatic carbocycles. The van der Waals surface area contributed by atoms with Gasteiger partial charge in [0, 0.05) is 30.1 Å². The standard InChI is InChI=1S/C12H18N2O5S/c1-3-19-12-8-10(7-11(9-12)14(15)16)13-5-6-20(17,18)4-2/h7-9,13H,3-6H2,1-2H3. The Morgan fingerprint density at radius 1 is 1.30 bits per heavy atom. The van der Waals surface area contributed by atoms with Crippen molar-refractivity contribution < 1.29 is 18.1 Å². The maximum atomic E-state index is 11.4. The zero-order valence-corrected chi connectivity index (χ0v) is 12.3. The van der Waals surface area contributed by atoms with Crippen LogP contribution in [0.5, 0.6) is 5.75 Å². The van der Waals surface area contributed by atoms with E-state index in [0.717, 1.165) is 0 Å². The van der Waals surface area contributed by atoms with E-state index < -0.39 is 14.8 Å². The number of rotatable bonds is 8. The lowest BCUT2D eigenvalue weighted by Gasteiger charge is -2.09. The molecule has 1 aromatic rings. The third kappa shape index (κ3) is 5.04. The second kappa shape index (κ2) is 7.09. The van der Waals surface area contributed by atoms with Crippen LogP contribution in [0.25, 0.3) is 0 Å². The molecule has 0 unspecified atom stereocenters. The molecule has 1 rings (SSSR count). The molecule has 0 aliphatic heterocycles. The topological polar surface area (TPSA) is 98.5 Å². The first-order chi connectivity index (χ1) is 9.38. The highest BCUT2D eigenvalue weighted by Gasteiger charge is 2.11. The molecule has 0 bridgehead atoms. The van der Waals surface area contributed by atoms with Crippen LogP contribution in [-0.2, 0) is 9.84 Å². The van der Waals surface area contributed by atoms with Crippen LogP contribution < -0.4 is 10.1 Å². The van der Waals surface area contributed by atoms with Crippen molar-refractivity contribution in [1.29, 1.82) is 0 Å². The normalized spacial score (nSPS) is 11.1. The summed E-state index contributed by atoms with van der Waals surface area (Å²) in [6.45, 7) is 3.95. The van der Waals surface area contributed by atoms with Gasteiger partial charge < -0.3 is 10.1 Å². The highest BCUT2D eigenvalue weighted by molar-refractivity contribution is 7.91. The molecule has 7 nitrogen and oxygen atoms in total. The number of sulfone groups is 1. The second-order valence-corrected chi connectivity index (χ2v) is 6.54. The van der Waals surface area contributed by atoms with Gasteiger partial charge in [0.05, 0.1) is 23.3 Å². The van der Waals surface area contributed by atoms with Crippen molar-refractivity contribution in [2.45, 2.75) is 13.8 Å². The summed E-state index contributed by atoms with van der Waals surface area (Å²) < 4.78 is 28.0. The summed E-state index contributed by atoms with van der Waals surface area (Å²) in [5.74, 6) is 0.437. The van der Waals surface area contributed by atoms with Gasteiger partial charge >= 0.3 is 0 Å². The minimum atomic E-state index is -3.06. The molecule has 0 heterocycles. The lowest BCUT2D eigenvalue weighted by atomic mass is 10.2. The summed E-state index contributed by atoms with van der Waals surface area (Å²) in [7, 11) is -3.06. The summed E-state index contributed by atoms with van der Waals surface area (Å²) in [5.41, 5.74) is 0.366. The molecule has 0 saturated carbocycles. The van der Waals surface area contributed by atoms with Gasteiger partial charge in [0.1, 0.15) is 5.75 Å². The van der Waals surface area contributed by atoms with Crippen LogP contribution >= 0.6 is 0 Å². The first-order valence-electron chi connectivity index (χ1n) is 6.24. The molecule has 1 aromatic carbocycles. The highest BCUT2D eigenvalue weighted by atomic mass is 32.2. The molecular weight excluding hydrogens is 284 g/mol. The Labute approximate surface area is 118 Å². The van der Waals surface area contributed by atoms with Gasteiger partial charge in [-0.2, -0.15) is 0 Å². The quantitative estimate of drug-likeness (QED) is 0.581. The number of nitrogens with one attached hydrogen (secondary N) is 1. The van der Waals surface area contributed by atoms with Crippen molar-refractivity contribution in [3.05, 3.63) is 28.3 Å². The molecule has 0 aliphatic rings. The van der Waals surface area contributed by atoms with E-state index in [9.17, 15) is 18.5 Å². The van der Waals surface area contributed by atoms with E-state index in [0.29, 0.717) is 18.0 Å². The van der Waals surface area contributed by atoms with Crippen molar-refractivity contribution in [3.8, 4) is 5.75 Å². The fraction of sp³-hybridized carbons (Fsp3) is 0.500. The minimum absolute atomic E-state index is 0.0177. The molecule has 0 saturated heterocycles. The predicted octanol–water partition coefficient (Wildman–Crippen LogP) is 1.84. The molecule has 20 heavy (non-hydrogen) atoms. The molecule has 0 spiro atoms. The van der Waals surface area contributed by atoms with E-state index in [1.807, 2.05) is 0 Å². The number of nitrogens with zero attached hydrogens (tertiary/aromatic N) is 1. The number of ether oxygens (including phenoxy) is 1. The van der Waals surface area contributed by atoms with E-state index >= 15 is 0 Å². The first-order valence-corrected chi connectivity index (χ1v) is 8.06. The van der Waals surface area contributed by atoms with E-state index in [1.165, 1.54) is 12.1 Å². The largest absolute Gasteiger partial charge is 0.494 e. The minimum Gasteiger partial charge on any atom is -0.494 e. The summed E-state index contributed by atoms with van der Waals surface area (Å²) >= 11 is 0. The number of non-ortho nitro benzene ring substituents is 1. The average molecular weight is 302 g/mol. The number of hydrogen-bond donors (Lipinski definition) is 1. The van der Waals surface area contributed by atoms with Crippen molar-refractivity contribution >= 4 is 21.2 Å². The van der Waals surface area contributed by atoms with Gasteiger partial charge in [-0.15, -0.1) is 0 Å². The fourth-order valence-corrected chi connectivity index (χ4v) is 2.24. The second-order valence-electron chi connectivity index (χ2n) is 4.07. The molecule has 1 N–H and O–H groups in total. The lowest BCUT2D eigenvalue weighted by Crippen LogP contribution is -2.17. The third-order valence-electron chi connectivity index (χ3n) is 2.60. The van der Waals surface area contributed by atoms with Gasteiger partial charge in [0.15, 0.2) is 9.84 Å². The molecule has 8 heteroatoms. The van der Waals surface area contributed by atoms with Crippen LogP contribution in [0, 0.1) is 10.1 Å². The number of hydrogen-bond acceptors (Lipinski definition) is 6. The van der Waals surface area contributed by atoms with E-state index in [-0.39, 0.29) is 23.7 Å². The predicted molar refractivity (Wildman–Crippen MR) is 77.1 cm³/mol. The van der Waals surface area contributed by atoms with Crippen LogP contribution in [0.15, 0.2) is 18.2 Å². The molecule has 0 amide bonds.